The van der Waals surface area contributed by atoms with Crippen molar-refractivity contribution in [2.45, 2.75) is 13.3 Å². The molecule has 1 saturated heterocycles. The predicted octanol–water partition coefficient (Wildman–Crippen LogP) is 1.67. The lowest BCUT2D eigenvalue weighted by atomic mass is 10.2. The molecule has 0 spiro atoms. The van der Waals surface area contributed by atoms with Gasteiger partial charge in [-0.1, -0.05) is 11.6 Å². The van der Waals surface area contributed by atoms with Crippen LogP contribution in [-0.4, -0.2) is 42.0 Å². The molecule has 0 radical (unpaired) electrons. The van der Waals surface area contributed by atoms with Crippen LogP contribution in [0.2, 0.25) is 5.15 Å². The summed E-state index contributed by atoms with van der Waals surface area (Å²) in [4.78, 5) is 19.5. The molecule has 0 saturated carbocycles. The SMILES string of the molecule is CC(=O)N1CCCN(c2cc(C#N)cc(Cl)n2)CC1. The van der Waals surface area contributed by atoms with Gasteiger partial charge in [-0.2, -0.15) is 5.26 Å². The highest BCUT2D eigenvalue weighted by atomic mass is 35.5. The predicted molar refractivity (Wildman–Crippen MR) is 73.0 cm³/mol. The van der Waals surface area contributed by atoms with Gasteiger partial charge in [-0.3, -0.25) is 4.79 Å². The first kappa shape index (κ1) is 13.6. The van der Waals surface area contributed by atoms with E-state index in [4.69, 9.17) is 16.9 Å². The fourth-order valence-corrected chi connectivity index (χ4v) is 2.38. The minimum atomic E-state index is 0.0959. The molecule has 1 aromatic heterocycles. The normalized spacial score (nSPS) is 15.8. The van der Waals surface area contributed by atoms with E-state index in [2.05, 4.69) is 16.0 Å². The Labute approximate surface area is 117 Å². The quantitative estimate of drug-likeness (QED) is 0.733. The second kappa shape index (κ2) is 5.89. The van der Waals surface area contributed by atoms with Crippen molar-refractivity contribution >= 4 is 23.3 Å². The van der Waals surface area contributed by atoms with Crippen LogP contribution in [0.3, 0.4) is 0 Å². The zero-order valence-corrected chi connectivity index (χ0v) is 11.5. The summed E-state index contributed by atoms with van der Waals surface area (Å²) in [7, 11) is 0. The summed E-state index contributed by atoms with van der Waals surface area (Å²) in [5.41, 5.74) is 0.502. The molecule has 0 bridgehead atoms. The molecule has 1 fully saturated rings. The van der Waals surface area contributed by atoms with Gasteiger partial charge in [0.2, 0.25) is 5.91 Å². The topological polar surface area (TPSA) is 60.2 Å². The van der Waals surface area contributed by atoms with Gasteiger partial charge in [-0.05, 0) is 18.6 Å². The summed E-state index contributed by atoms with van der Waals surface area (Å²) in [6.07, 6.45) is 0.885. The molecule has 0 aromatic carbocycles. The van der Waals surface area contributed by atoms with E-state index in [1.807, 2.05) is 4.90 Å². The van der Waals surface area contributed by atoms with Crippen LogP contribution in [0.1, 0.15) is 18.9 Å². The van der Waals surface area contributed by atoms with E-state index in [1.54, 1.807) is 19.1 Å². The maximum absolute atomic E-state index is 11.4. The van der Waals surface area contributed by atoms with Gasteiger partial charge in [0.15, 0.2) is 0 Å². The molecule has 2 heterocycles. The van der Waals surface area contributed by atoms with Crippen LogP contribution < -0.4 is 4.90 Å². The Hall–Kier alpha value is -1.80. The zero-order chi connectivity index (χ0) is 13.8. The molecule has 100 valence electrons. The lowest BCUT2D eigenvalue weighted by Crippen LogP contribution is -2.33. The van der Waals surface area contributed by atoms with E-state index < -0.39 is 0 Å². The van der Waals surface area contributed by atoms with E-state index in [-0.39, 0.29) is 5.91 Å². The largest absolute Gasteiger partial charge is 0.355 e. The highest BCUT2D eigenvalue weighted by molar-refractivity contribution is 6.29. The molecule has 1 aromatic rings. The number of aromatic nitrogens is 1. The van der Waals surface area contributed by atoms with Crippen molar-refractivity contribution < 1.29 is 4.79 Å². The summed E-state index contributed by atoms with van der Waals surface area (Å²) < 4.78 is 0. The summed E-state index contributed by atoms with van der Waals surface area (Å²) in [5.74, 6) is 0.799. The van der Waals surface area contributed by atoms with E-state index in [9.17, 15) is 4.79 Å². The molecule has 1 amide bonds. The van der Waals surface area contributed by atoms with Crippen LogP contribution in [-0.2, 0) is 4.79 Å². The lowest BCUT2D eigenvalue weighted by molar-refractivity contribution is -0.128. The maximum Gasteiger partial charge on any atom is 0.219 e. The number of anilines is 1. The summed E-state index contributed by atoms with van der Waals surface area (Å²) in [6, 6.07) is 5.35. The van der Waals surface area contributed by atoms with Gasteiger partial charge >= 0.3 is 0 Å². The minimum absolute atomic E-state index is 0.0959. The fraction of sp³-hybridized carbons (Fsp3) is 0.462. The van der Waals surface area contributed by atoms with Gasteiger partial charge in [0.1, 0.15) is 11.0 Å². The average Bonchev–Trinajstić information content (AvgIpc) is 2.63. The molecule has 2 rings (SSSR count). The highest BCUT2D eigenvalue weighted by Crippen LogP contribution is 2.19. The number of hydrogen-bond acceptors (Lipinski definition) is 4. The number of rotatable bonds is 1. The first-order valence-corrected chi connectivity index (χ1v) is 6.56. The molecule has 0 unspecified atom stereocenters. The van der Waals surface area contributed by atoms with Crippen LogP contribution in [0.15, 0.2) is 12.1 Å². The minimum Gasteiger partial charge on any atom is -0.355 e. The van der Waals surface area contributed by atoms with Crippen LogP contribution in [0.5, 0.6) is 0 Å². The van der Waals surface area contributed by atoms with Crippen molar-refractivity contribution in [2.24, 2.45) is 0 Å². The summed E-state index contributed by atoms with van der Waals surface area (Å²) in [6.45, 7) is 4.53. The average molecular weight is 279 g/mol. The monoisotopic (exact) mass is 278 g/mol. The number of nitrogens with zero attached hydrogens (tertiary/aromatic N) is 4. The van der Waals surface area contributed by atoms with Crippen LogP contribution >= 0.6 is 11.6 Å². The Morgan fingerprint density at radius 3 is 2.84 bits per heavy atom. The van der Waals surface area contributed by atoms with Gasteiger partial charge in [-0.15, -0.1) is 0 Å². The third kappa shape index (κ3) is 3.36. The van der Waals surface area contributed by atoms with Gasteiger partial charge in [-0.25, -0.2) is 4.98 Å². The first-order valence-electron chi connectivity index (χ1n) is 6.18. The number of halogens is 1. The Balaban J connectivity index is 2.16. The Kier molecular flexibility index (Phi) is 4.23. The van der Waals surface area contributed by atoms with Crippen molar-refractivity contribution in [3.05, 3.63) is 22.8 Å². The molecule has 6 heteroatoms. The Bertz CT molecular complexity index is 526. The second-order valence-electron chi connectivity index (χ2n) is 4.50. The van der Waals surface area contributed by atoms with Crippen LogP contribution in [0, 0.1) is 11.3 Å². The summed E-state index contributed by atoms with van der Waals surface area (Å²) >= 11 is 5.91. The van der Waals surface area contributed by atoms with Crippen molar-refractivity contribution in [1.82, 2.24) is 9.88 Å². The summed E-state index contributed by atoms with van der Waals surface area (Å²) in [5, 5.41) is 9.27. The second-order valence-corrected chi connectivity index (χ2v) is 4.88. The zero-order valence-electron chi connectivity index (χ0n) is 10.8. The fourth-order valence-electron chi connectivity index (χ4n) is 2.17. The molecule has 1 aliphatic heterocycles. The van der Waals surface area contributed by atoms with Crippen LogP contribution in [0.4, 0.5) is 5.82 Å². The maximum atomic E-state index is 11.4. The van der Waals surface area contributed by atoms with Gasteiger partial charge in [0.25, 0.3) is 0 Å². The van der Waals surface area contributed by atoms with Crippen molar-refractivity contribution in [3.63, 3.8) is 0 Å². The van der Waals surface area contributed by atoms with Crippen molar-refractivity contribution in [2.75, 3.05) is 31.1 Å². The number of nitriles is 1. The van der Waals surface area contributed by atoms with E-state index in [1.165, 1.54) is 0 Å². The number of carbonyl (C=O) groups is 1. The van der Waals surface area contributed by atoms with E-state index in [0.717, 1.165) is 19.5 Å². The molecule has 1 aliphatic rings. The van der Waals surface area contributed by atoms with Crippen molar-refractivity contribution in [1.29, 1.82) is 5.26 Å². The number of hydrogen-bond donors (Lipinski definition) is 0. The third-order valence-electron chi connectivity index (χ3n) is 3.17. The third-order valence-corrected chi connectivity index (χ3v) is 3.37. The van der Waals surface area contributed by atoms with Crippen LogP contribution in [0.25, 0.3) is 0 Å². The van der Waals surface area contributed by atoms with Gasteiger partial charge in [0.05, 0.1) is 11.6 Å². The first-order chi connectivity index (χ1) is 9.10. The molecule has 0 aliphatic carbocycles. The number of carbonyl (C=O) groups excluding carboxylic acids is 1. The van der Waals surface area contributed by atoms with Gasteiger partial charge < -0.3 is 9.80 Å². The standard InChI is InChI=1S/C13H15ClN4O/c1-10(19)17-3-2-4-18(6-5-17)13-8-11(9-15)7-12(14)16-13/h7-8H,2-6H2,1H3. The van der Waals surface area contributed by atoms with Gasteiger partial charge in [0, 0.05) is 33.1 Å². The highest BCUT2D eigenvalue weighted by Gasteiger charge is 2.18. The molecule has 19 heavy (non-hydrogen) atoms. The van der Waals surface area contributed by atoms with Crippen molar-refractivity contribution in [3.8, 4) is 6.07 Å². The van der Waals surface area contributed by atoms with E-state index in [0.29, 0.717) is 29.6 Å². The molecule has 0 N–H and O–H groups in total. The Morgan fingerprint density at radius 2 is 2.16 bits per heavy atom. The Morgan fingerprint density at radius 1 is 1.37 bits per heavy atom. The van der Waals surface area contributed by atoms with E-state index >= 15 is 0 Å². The number of amides is 1. The smallest absolute Gasteiger partial charge is 0.219 e. The molecular formula is C13H15ClN4O. The molecule has 0 atom stereocenters. The molecular weight excluding hydrogens is 264 g/mol. The molecule has 5 nitrogen and oxygen atoms in total. The number of pyridine rings is 1. The lowest BCUT2D eigenvalue weighted by Gasteiger charge is -2.22.